The summed E-state index contributed by atoms with van der Waals surface area (Å²) in [6.07, 6.45) is 0. The molecule has 0 saturated carbocycles. The lowest BCUT2D eigenvalue weighted by molar-refractivity contribution is 0.306. The molecule has 0 aliphatic carbocycles. The molecule has 0 spiro atoms. The first kappa shape index (κ1) is 17.9. The fourth-order valence-electron chi connectivity index (χ4n) is 3.42. The molecule has 4 rings (SSSR count). The van der Waals surface area contributed by atoms with Crippen LogP contribution >= 0.6 is 0 Å². The number of methoxy groups -OCH3 is 1. The summed E-state index contributed by atoms with van der Waals surface area (Å²) in [4.78, 5) is 12.9. The Bertz CT molecular complexity index is 1160. The van der Waals surface area contributed by atoms with Crippen LogP contribution in [-0.4, -0.2) is 11.7 Å². The standard InChI is InChI=1S/C24H21NO3/c1-25-21-11-7-6-10-20(21)23(26)24(27-2)22(25)18-12-14-19(15-13-18)28-16-17-8-4-3-5-9-17/h3-15H,16H2,1-2H3. The second-order valence-electron chi connectivity index (χ2n) is 6.59. The van der Waals surface area contributed by atoms with Gasteiger partial charge in [0.05, 0.1) is 18.3 Å². The summed E-state index contributed by atoms with van der Waals surface area (Å²) in [6.45, 7) is 0.512. The molecule has 4 aromatic rings. The summed E-state index contributed by atoms with van der Waals surface area (Å²) in [5.74, 6) is 1.12. The fourth-order valence-corrected chi connectivity index (χ4v) is 3.42. The van der Waals surface area contributed by atoms with Crippen molar-refractivity contribution in [2.24, 2.45) is 7.05 Å². The molecule has 28 heavy (non-hydrogen) atoms. The second-order valence-corrected chi connectivity index (χ2v) is 6.59. The Kier molecular flexibility index (Phi) is 4.85. The maximum atomic E-state index is 12.9. The predicted molar refractivity (Wildman–Crippen MR) is 112 cm³/mol. The second kappa shape index (κ2) is 7.61. The topological polar surface area (TPSA) is 40.5 Å². The van der Waals surface area contributed by atoms with Crippen LogP contribution < -0.4 is 14.9 Å². The monoisotopic (exact) mass is 371 g/mol. The average Bonchev–Trinajstić information content (AvgIpc) is 2.76. The summed E-state index contributed by atoms with van der Waals surface area (Å²) in [7, 11) is 3.48. The third-order valence-corrected chi connectivity index (χ3v) is 4.85. The van der Waals surface area contributed by atoms with Gasteiger partial charge in [-0.05, 0) is 42.0 Å². The van der Waals surface area contributed by atoms with Crippen molar-refractivity contribution >= 4 is 10.9 Å². The third-order valence-electron chi connectivity index (χ3n) is 4.85. The van der Waals surface area contributed by atoms with Gasteiger partial charge in [-0.3, -0.25) is 4.79 Å². The number of hydrogen-bond donors (Lipinski definition) is 0. The molecule has 0 aliphatic heterocycles. The number of benzene rings is 3. The zero-order chi connectivity index (χ0) is 19.5. The van der Waals surface area contributed by atoms with E-state index in [2.05, 4.69) is 0 Å². The molecule has 1 heterocycles. The summed E-state index contributed by atoms with van der Waals surface area (Å²) >= 11 is 0. The van der Waals surface area contributed by atoms with E-state index in [1.165, 1.54) is 7.11 Å². The lowest BCUT2D eigenvalue weighted by atomic mass is 10.1. The number of aromatic nitrogens is 1. The molecule has 0 unspecified atom stereocenters. The number of rotatable bonds is 5. The minimum Gasteiger partial charge on any atom is -0.491 e. The van der Waals surface area contributed by atoms with Gasteiger partial charge in [0.1, 0.15) is 12.4 Å². The molecule has 0 amide bonds. The maximum absolute atomic E-state index is 12.9. The van der Waals surface area contributed by atoms with E-state index >= 15 is 0 Å². The molecule has 4 nitrogen and oxygen atoms in total. The van der Waals surface area contributed by atoms with Crippen LogP contribution in [0.25, 0.3) is 22.2 Å². The van der Waals surface area contributed by atoms with Gasteiger partial charge in [0.25, 0.3) is 0 Å². The van der Waals surface area contributed by atoms with Gasteiger partial charge in [-0.2, -0.15) is 0 Å². The van der Waals surface area contributed by atoms with E-state index in [1.54, 1.807) is 0 Å². The van der Waals surface area contributed by atoms with Gasteiger partial charge >= 0.3 is 0 Å². The van der Waals surface area contributed by atoms with Gasteiger partial charge in [-0.1, -0.05) is 42.5 Å². The first-order valence-corrected chi connectivity index (χ1v) is 9.12. The minimum absolute atomic E-state index is 0.101. The zero-order valence-electron chi connectivity index (χ0n) is 15.9. The zero-order valence-corrected chi connectivity index (χ0v) is 15.9. The third kappa shape index (κ3) is 3.25. The average molecular weight is 371 g/mol. The molecule has 0 atom stereocenters. The minimum atomic E-state index is -0.101. The van der Waals surface area contributed by atoms with Crippen molar-refractivity contribution in [3.63, 3.8) is 0 Å². The van der Waals surface area contributed by atoms with Crippen molar-refractivity contribution in [2.75, 3.05) is 7.11 Å². The van der Waals surface area contributed by atoms with E-state index in [4.69, 9.17) is 9.47 Å². The van der Waals surface area contributed by atoms with Crippen LogP contribution in [0.1, 0.15) is 5.56 Å². The van der Waals surface area contributed by atoms with Crippen LogP contribution in [-0.2, 0) is 13.7 Å². The van der Waals surface area contributed by atoms with Crippen molar-refractivity contribution in [1.29, 1.82) is 0 Å². The van der Waals surface area contributed by atoms with Crippen LogP contribution in [0.4, 0.5) is 0 Å². The molecule has 1 aromatic heterocycles. The molecule has 0 aliphatic rings. The number of para-hydroxylation sites is 1. The molecule has 0 radical (unpaired) electrons. The quantitative estimate of drug-likeness (QED) is 0.506. The van der Waals surface area contributed by atoms with Crippen LogP contribution in [0.2, 0.25) is 0 Å². The summed E-state index contributed by atoms with van der Waals surface area (Å²) in [6, 6.07) is 25.3. The van der Waals surface area contributed by atoms with Crippen LogP contribution in [0.3, 0.4) is 0 Å². The highest BCUT2D eigenvalue weighted by atomic mass is 16.5. The molecule has 3 aromatic carbocycles. The molecular formula is C24H21NO3. The van der Waals surface area contributed by atoms with E-state index < -0.39 is 0 Å². The van der Waals surface area contributed by atoms with Gasteiger partial charge in [-0.25, -0.2) is 0 Å². The number of ether oxygens (including phenoxy) is 2. The molecule has 0 fully saturated rings. The fraction of sp³-hybridized carbons (Fsp3) is 0.125. The highest BCUT2D eigenvalue weighted by Crippen LogP contribution is 2.31. The number of hydrogen-bond acceptors (Lipinski definition) is 3. The van der Waals surface area contributed by atoms with Crippen molar-refractivity contribution in [2.45, 2.75) is 6.61 Å². The normalized spacial score (nSPS) is 10.8. The molecule has 0 N–H and O–H groups in total. The van der Waals surface area contributed by atoms with E-state index in [0.717, 1.165) is 28.1 Å². The molecule has 140 valence electrons. The van der Waals surface area contributed by atoms with Crippen molar-refractivity contribution in [1.82, 2.24) is 4.57 Å². The Morgan fingerprint density at radius 1 is 0.857 bits per heavy atom. The van der Waals surface area contributed by atoms with E-state index in [-0.39, 0.29) is 5.43 Å². The number of aryl methyl sites for hydroxylation is 1. The largest absolute Gasteiger partial charge is 0.491 e. The molecule has 0 bridgehead atoms. The van der Waals surface area contributed by atoms with E-state index in [1.807, 2.05) is 90.5 Å². The summed E-state index contributed by atoms with van der Waals surface area (Å²) in [5.41, 5.74) is 3.53. The lowest BCUT2D eigenvalue weighted by Gasteiger charge is -2.17. The number of fused-ring (bicyclic) bond motifs is 1. The summed E-state index contributed by atoms with van der Waals surface area (Å²) < 4.78 is 13.3. The van der Waals surface area contributed by atoms with Gasteiger partial charge in [0.15, 0.2) is 5.75 Å². The molecule has 4 heteroatoms. The highest BCUT2D eigenvalue weighted by molar-refractivity contribution is 5.85. The SMILES string of the molecule is COc1c(-c2ccc(OCc3ccccc3)cc2)n(C)c2ccccc2c1=O. The Balaban J connectivity index is 1.70. The Morgan fingerprint density at radius 3 is 2.25 bits per heavy atom. The number of nitrogens with zero attached hydrogens (tertiary/aromatic N) is 1. The van der Waals surface area contributed by atoms with Crippen LogP contribution in [0, 0.1) is 0 Å². The van der Waals surface area contributed by atoms with Gasteiger partial charge in [0, 0.05) is 18.0 Å². The Labute approximate surface area is 163 Å². The molecular weight excluding hydrogens is 350 g/mol. The number of pyridine rings is 1. The van der Waals surface area contributed by atoms with Gasteiger partial charge in [0.2, 0.25) is 5.43 Å². The van der Waals surface area contributed by atoms with Gasteiger partial charge < -0.3 is 14.0 Å². The Hall–Kier alpha value is -3.53. The molecule has 0 saturated heterocycles. The van der Waals surface area contributed by atoms with Gasteiger partial charge in [-0.15, -0.1) is 0 Å². The van der Waals surface area contributed by atoms with Crippen LogP contribution in [0.15, 0.2) is 83.7 Å². The lowest BCUT2D eigenvalue weighted by Crippen LogP contribution is -2.13. The van der Waals surface area contributed by atoms with Crippen molar-refractivity contribution < 1.29 is 9.47 Å². The highest BCUT2D eigenvalue weighted by Gasteiger charge is 2.17. The smallest absolute Gasteiger partial charge is 0.231 e. The first-order chi connectivity index (χ1) is 13.7. The first-order valence-electron chi connectivity index (χ1n) is 9.12. The predicted octanol–water partition coefficient (Wildman–Crippen LogP) is 4.79. The van der Waals surface area contributed by atoms with Crippen molar-refractivity contribution in [3.05, 3.63) is 94.6 Å². The van der Waals surface area contributed by atoms with Crippen LogP contribution in [0.5, 0.6) is 11.5 Å². The van der Waals surface area contributed by atoms with E-state index in [9.17, 15) is 4.79 Å². The van der Waals surface area contributed by atoms with Crippen molar-refractivity contribution in [3.8, 4) is 22.8 Å². The maximum Gasteiger partial charge on any atom is 0.231 e. The summed E-state index contributed by atoms with van der Waals surface area (Å²) in [5, 5.41) is 0.647. The van der Waals surface area contributed by atoms with E-state index in [0.29, 0.717) is 17.7 Å². The Morgan fingerprint density at radius 2 is 1.54 bits per heavy atom.